The van der Waals surface area contributed by atoms with Crippen LogP contribution in [0.2, 0.25) is 0 Å². The Hall–Kier alpha value is -3.27. The lowest BCUT2D eigenvalue weighted by Gasteiger charge is -2.56. The molecule has 8 atom stereocenters. The third-order valence-electron chi connectivity index (χ3n) is 23.0. The summed E-state index contributed by atoms with van der Waals surface area (Å²) in [5.41, 5.74) is -2.82. The molecule has 1 fully saturated rings. The summed E-state index contributed by atoms with van der Waals surface area (Å²) < 4.78 is 48.7. The standard InChI is InChI=1S/C87H165N2O18P.C6H15N/c1-7-13-19-25-31-37-43-49-55-62-74(102-80(93)65-58-52-46-40-34-28-22-16-10-4)70-78(91)88-69-61-68-86(89-79(92)71-75(63-56-50-44-38-32-26-20-14-8-2)103-81(94)66-59-53-47-41-35-29-23-17-11-5)85(97)105-77(73-90)84(107-108(99,100)101)87(86,98)106-83(96)72-76(64-57-51-45-39-33-27-21-15-9-3)104-82(95)67-60-54-48-42-36-30-24-18-12-6;1-4-7(5-2)6-3/h74-77,84-85,90,97-98H,7-73H2,1-6H3,(H,88,91)(H,89,92)(H2,99,100,101);4-6H2,1-3H3/t74-,75-,76-,77-,84-,85-,86+,87+;/m1./s1. The summed E-state index contributed by atoms with van der Waals surface area (Å²) in [6.45, 7) is 21.9. The first kappa shape index (κ1) is 112. The van der Waals surface area contributed by atoms with Gasteiger partial charge in [0.1, 0.15) is 24.4 Å². The van der Waals surface area contributed by atoms with E-state index in [1.165, 1.54) is 154 Å². The van der Waals surface area contributed by atoms with E-state index in [1.807, 2.05) is 0 Å². The quantitative estimate of drug-likeness (QED) is 0.00978. The summed E-state index contributed by atoms with van der Waals surface area (Å²) in [6.07, 6.45) is 45.4. The number of rotatable bonds is 81. The van der Waals surface area contributed by atoms with Gasteiger partial charge in [-0.1, -0.05) is 371 Å². The molecule has 115 heavy (non-hydrogen) atoms. The number of unbranched alkanes of at least 4 members (excludes halogenated alkanes) is 48. The molecule has 0 aromatic carbocycles. The average molecular weight is 1660 g/mol. The average Bonchev–Trinajstić information content (AvgIpc) is 0.716. The molecule has 0 unspecified atom stereocenters. The van der Waals surface area contributed by atoms with Gasteiger partial charge in [0.15, 0.2) is 17.9 Å². The fraction of sp³-hybridized carbons (Fsp3) is 0.935. The minimum absolute atomic E-state index is 0.0911. The van der Waals surface area contributed by atoms with Gasteiger partial charge in [0, 0.05) is 25.8 Å². The molecule has 2 amide bonds. The Bertz CT molecular complexity index is 2340. The van der Waals surface area contributed by atoms with Crippen LogP contribution in [0.15, 0.2) is 0 Å². The van der Waals surface area contributed by atoms with Crippen molar-refractivity contribution in [2.45, 2.75) is 528 Å². The number of carbonyl (C=O) groups is 6. The minimum atomic E-state index is -5.77. The number of hydrogen-bond donors (Lipinski definition) is 7. The number of aliphatic hydroxyl groups is 3. The molecule has 1 aliphatic rings. The molecule has 680 valence electrons. The predicted octanol–water partition coefficient (Wildman–Crippen LogP) is 22.9. The van der Waals surface area contributed by atoms with Crippen LogP contribution in [0.3, 0.4) is 0 Å². The second kappa shape index (κ2) is 76.8. The predicted molar refractivity (Wildman–Crippen MR) is 467 cm³/mol. The van der Waals surface area contributed by atoms with Crippen LogP contribution in [0.4, 0.5) is 0 Å². The molecule has 0 aromatic heterocycles. The van der Waals surface area contributed by atoms with Crippen LogP contribution in [-0.2, 0) is 61.5 Å². The molecule has 1 rings (SSSR count). The van der Waals surface area contributed by atoms with Crippen molar-refractivity contribution in [3.63, 3.8) is 0 Å². The van der Waals surface area contributed by atoms with Gasteiger partial charge in [-0.05, 0) is 90.3 Å². The summed E-state index contributed by atoms with van der Waals surface area (Å²) in [5, 5.41) is 42.6. The minimum Gasteiger partial charge on any atom is -0.462 e. The molecule has 1 heterocycles. The zero-order chi connectivity index (χ0) is 85.2. The van der Waals surface area contributed by atoms with Gasteiger partial charge in [-0.2, -0.15) is 0 Å². The Kier molecular flexibility index (Phi) is 74.6. The van der Waals surface area contributed by atoms with Crippen LogP contribution in [-0.4, -0.2) is 147 Å². The van der Waals surface area contributed by atoms with Gasteiger partial charge >= 0.3 is 31.7 Å². The molecule has 0 radical (unpaired) electrons. The second-order valence-corrected chi connectivity index (χ2v) is 34.7. The first-order chi connectivity index (χ1) is 55.6. The van der Waals surface area contributed by atoms with Gasteiger partial charge < -0.3 is 64.3 Å². The molecule has 22 heteroatoms. The van der Waals surface area contributed by atoms with Crippen molar-refractivity contribution in [2.75, 3.05) is 32.8 Å². The molecule has 7 N–H and O–H groups in total. The number of nitrogens with zero attached hydrogens (tertiary/aromatic N) is 1. The maximum Gasteiger partial charge on any atom is 0.470 e. The van der Waals surface area contributed by atoms with E-state index in [0.717, 1.165) is 180 Å². The number of nitrogens with one attached hydrogen (secondary N) is 2. The third kappa shape index (κ3) is 60.8. The topological polar surface area (TPSA) is 303 Å². The van der Waals surface area contributed by atoms with Crippen LogP contribution in [0.5, 0.6) is 0 Å². The lowest BCUT2D eigenvalue weighted by molar-refractivity contribution is -0.380. The summed E-state index contributed by atoms with van der Waals surface area (Å²) in [7, 11) is -5.77. The van der Waals surface area contributed by atoms with E-state index < -0.39 is 112 Å². The Morgan fingerprint density at radius 3 is 0.948 bits per heavy atom. The molecule has 0 bridgehead atoms. The SMILES string of the molecule is CCCCCCCCCCCC(=O)O[C@H](CCCCCCCCCCC)CC(=O)NCCC[C@]1(NC(=O)C[C@@H](CCCCCCCCCCC)OC(=O)CCCCCCCCCCC)[C@H](O)O[C@H](CO)[C@@H](OP(=O)(O)O)[C@]1(O)OC(=O)C[C@@H](CCCCCCCCCCC)OC(=O)CCCCCCCCCCC.CCN(CC)CC. The number of phosphoric acid groups is 1. The zero-order valence-corrected chi connectivity index (χ0v) is 76.3. The van der Waals surface area contributed by atoms with Crippen molar-refractivity contribution in [1.82, 2.24) is 15.5 Å². The molecule has 0 spiro atoms. The Labute approximate surface area is 702 Å². The molecule has 21 nitrogen and oxygen atoms in total. The molecular formula is C93H180N3O18P. The van der Waals surface area contributed by atoms with Crippen LogP contribution >= 0.6 is 7.82 Å². The molecular weight excluding hydrogens is 1480 g/mol. The second-order valence-electron chi connectivity index (χ2n) is 33.5. The number of aliphatic hydroxyl groups excluding tert-OH is 2. The molecule has 1 aliphatic heterocycles. The Balaban J connectivity index is 0.0000177. The highest BCUT2D eigenvalue weighted by molar-refractivity contribution is 7.46. The molecule has 0 aromatic rings. The number of carbonyl (C=O) groups excluding carboxylic acids is 6. The summed E-state index contributed by atoms with van der Waals surface area (Å²) in [5.74, 6) is -7.60. The smallest absolute Gasteiger partial charge is 0.462 e. The number of hydrogen-bond acceptors (Lipinski definition) is 17. The number of amides is 2. The molecule has 1 saturated heterocycles. The van der Waals surface area contributed by atoms with Crippen molar-refractivity contribution in [2.24, 2.45) is 0 Å². The first-order valence-corrected chi connectivity index (χ1v) is 49.7. The normalized spacial score (nSPS) is 17.7. The number of esters is 4. The van der Waals surface area contributed by atoms with Crippen molar-refractivity contribution in [3.05, 3.63) is 0 Å². The monoisotopic (exact) mass is 1660 g/mol. The van der Waals surface area contributed by atoms with Crippen molar-refractivity contribution < 1.29 is 86.6 Å². The number of ether oxygens (including phenoxy) is 5. The Morgan fingerprint density at radius 1 is 0.391 bits per heavy atom. The zero-order valence-electron chi connectivity index (χ0n) is 75.4. The fourth-order valence-corrected chi connectivity index (χ4v) is 16.3. The van der Waals surface area contributed by atoms with E-state index in [-0.39, 0.29) is 57.5 Å². The highest BCUT2D eigenvalue weighted by atomic mass is 31.2. The van der Waals surface area contributed by atoms with Crippen LogP contribution < -0.4 is 10.6 Å². The van der Waals surface area contributed by atoms with E-state index in [0.29, 0.717) is 38.5 Å². The van der Waals surface area contributed by atoms with Gasteiger partial charge in [0.25, 0.3) is 5.79 Å². The van der Waals surface area contributed by atoms with Crippen molar-refractivity contribution in [3.8, 4) is 0 Å². The van der Waals surface area contributed by atoms with Crippen molar-refractivity contribution >= 4 is 43.5 Å². The Morgan fingerprint density at radius 2 is 0.670 bits per heavy atom. The van der Waals surface area contributed by atoms with E-state index >= 15 is 4.79 Å². The van der Waals surface area contributed by atoms with Crippen LogP contribution in [0.25, 0.3) is 0 Å². The molecule has 0 aliphatic carbocycles. The first-order valence-electron chi connectivity index (χ1n) is 48.1. The van der Waals surface area contributed by atoms with Gasteiger partial charge in [0.2, 0.25) is 11.8 Å². The number of phosphoric ester groups is 1. The van der Waals surface area contributed by atoms with Crippen LogP contribution in [0.1, 0.15) is 480 Å². The maximum atomic E-state index is 15.2. The maximum absolute atomic E-state index is 15.2. The highest BCUT2D eigenvalue weighted by Crippen LogP contribution is 2.50. The molecule has 0 saturated carbocycles. The van der Waals surface area contributed by atoms with Gasteiger partial charge in [-0.25, -0.2) is 4.57 Å². The van der Waals surface area contributed by atoms with Gasteiger partial charge in [-0.3, -0.25) is 33.3 Å². The third-order valence-corrected chi connectivity index (χ3v) is 23.5. The van der Waals surface area contributed by atoms with Crippen molar-refractivity contribution in [1.29, 1.82) is 0 Å². The van der Waals surface area contributed by atoms with E-state index in [4.69, 9.17) is 28.2 Å². The van der Waals surface area contributed by atoms with E-state index in [1.54, 1.807) is 0 Å². The van der Waals surface area contributed by atoms with Gasteiger partial charge in [0.05, 0.1) is 25.9 Å². The largest absolute Gasteiger partial charge is 0.470 e. The summed E-state index contributed by atoms with van der Waals surface area (Å²) in [6, 6.07) is 0. The lowest BCUT2D eigenvalue weighted by Crippen LogP contribution is -2.81. The highest BCUT2D eigenvalue weighted by Gasteiger charge is 2.70. The van der Waals surface area contributed by atoms with Crippen LogP contribution in [0, 0.1) is 0 Å². The van der Waals surface area contributed by atoms with E-state index in [9.17, 15) is 53.6 Å². The lowest BCUT2D eigenvalue weighted by atomic mass is 9.76. The summed E-state index contributed by atoms with van der Waals surface area (Å²) >= 11 is 0. The summed E-state index contributed by atoms with van der Waals surface area (Å²) in [4.78, 5) is 109. The van der Waals surface area contributed by atoms with Gasteiger partial charge in [-0.15, -0.1) is 0 Å². The van der Waals surface area contributed by atoms with E-state index in [2.05, 4.69) is 77.8 Å². The fourth-order valence-electron chi connectivity index (χ4n) is 15.7.